The van der Waals surface area contributed by atoms with Gasteiger partial charge in [0.2, 0.25) is 0 Å². The topological polar surface area (TPSA) is 58.1 Å². The van der Waals surface area contributed by atoms with Crippen molar-refractivity contribution in [1.29, 1.82) is 0 Å². The number of rotatable bonds is 3. The van der Waals surface area contributed by atoms with Gasteiger partial charge in [-0.05, 0) is 24.3 Å². The molecule has 5 heteroatoms. The molecule has 2 rings (SSSR count). The maximum absolute atomic E-state index is 12.3. The van der Waals surface area contributed by atoms with E-state index in [0.717, 1.165) is 5.69 Å². The van der Waals surface area contributed by atoms with E-state index in [0.29, 0.717) is 11.4 Å². The lowest BCUT2D eigenvalue weighted by Gasteiger charge is -2.18. The van der Waals surface area contributed by atoms with Crippen LogP contribution in [0.15, 0.2) is 42.9 Å². The number of carbonyl (C=O) groups is 1. The van der Waals surface area contributed by atoms with Crippen LogP contribution in [0.25, 0.3) is 0 Å². The van der Waals surface area contributed by atoms with Crippen molar-refractivity contribution < 1.29 is 4.79 Å². The highest BCUT2D eigenvalue weighted by atomic mass is 16.2. The van der Waals surface area contributed by atoms with Crippen LogP contribution in [0.4, 0.5) is 11.5 Å². The summed E-state index contributed by atoms with van der Waals surface area (Å²) in [5, 5.41) is 2.91. The highest BCUT2D eigenvalue weighted by Gasteiger charge is 2.17. The number of aromatic nitrogens is 2. The Morgan fingerprint density at radius 2 is 2.06 bits per heavy atom. The maximum atomic E-state index is 12.3. The molecular formula is C13H14N4O. The molecule has 0 fully saturated rings. The Kier molecular flexibility index (Phi) is 3.52. The normalized spacial score (nSPS) is 9.89. The average Bonchev–Trinajstić information content (AvgIpc) is 2.46. The second-order valence-corrected chi connectivity index (χ2v) is 3.72. The van der Waals surface area contributed by atoms with Crippen molar-refractivity contribution in [2.75, 3.05) is 24.3 Å². The predicted octanol–water partition coefficient (Wildman–Crippen LogP) is 1.79. The quantitative estimate of drug-likeness (QED) is 0.891. The lowest BCUT2D eigenvalue weighted by Crippen LogP contribution is -2.27. The van der Waals surface area contributed by atoms with E-state index in [9.17, 15) is 4.79 Å². The summed E-state index contributed by atoms with van der Waals surface area (Å²) in [6.45, 7) is 0. The third-order valence-corrected chi connectivity index (χ3v) is 2.61. The number of amides is 1. The summed E-state index contributed by atoms with van der Waals surface area (Å²) in [7, 11) is 3.45. The van der Waals surface area contributed by atoms with Gasteiger partial charge >= 0.3 is 0 Å². The zero-order chi connectivity index (χ0) is 13.0. The molecule has 0 bridgehead atoms. The minimum absolute atomic E-state index is 0.125. The minimum Gasteiger partial charge on any atom is -0.372 e. The molecule has 0 radical (unpaired) electrons. The number of carbonyl (C=O) groups excluding carboxylic acids is 1. The van der Waals surface area contributed by atoms with Crippen LogP contribution in [0.3, 0.4) is 0 Å². The van der Waals surface area contributed by atoms with Gasteiger partial charge in [0.05, 0.1) is 17.4 Å². The molecule has 2 aromatic heterocycles. The number of hydrogen-bond donors (Lipinski definition) is 1. The predicted molar refractivity (Wildman–Crippen MR) is 70.8 cm³/mol. The Bertz CT molecular complexity index is 542. The minimum atomic E-state index is -0.125. The van der Waals surface area contributed by atoms with Crippen LogP contribution in [-0.4, -0.2) is 30.0 Å². The lowest BCUT2D eigenvalue weighted by atomic mass is 10.2. The second kappa shape index (κ2) is 5.27. The second-order valence-electron chi connectivity index (χ2n) is 3.72. The van der Waals surface area contributed by atoms with Gasteiger partial charge in [-0.25, -0.2) is 4.98 Å². The van der Waals surface area contributed by atoms with Crippen molar-refractivity contribution in [2.24, 2.45) is 0 Å². The molecule has 92 valence electrons. The smallest absolute Gasteiger partial charge is 0.261 e. The standard InChI is InChI=1S/C13H14N4O/c1-14-12-11(6-4-8-16-12)13(18)17(2)10-5-3-7-15-9-10/h3-9H,1-2H3,(H,14,16). The molecule has 1 N–H and O–H groups in total. The van der Waals surface area contributed by atoms with E-state index < -0.39 is 0 Å². The zero-order valence-electron chi connectivity index (χ0n) is 10.3. The summed E-state index contributed by atoms with van der Waals surface area (Å²) < 4.78 is 0. The summed E-state index contributed by atoms with van der Waals surface area (Å²) in [5.74, 6) is 0.443. The number of pyridine rings is 2. The molecule has 0 aliphatic rings. The average molecular weight is 242 g/mol. The van der Waals surface area contributed by atoms with Crippen molar-refractivity contribution in [2.45, 2.75) is 0 Å². The van der Waals surface area contributed by atoms with Gasteiger partial charge in [-0.1, -0.05) is 0 Å². The molecule has 2 heterocycles. The van der Waals surface area contributed by atoms with Gasteiger partial charge in [-0.3, -0.25) is 9.78 Å². The molecule has 2 aromatic rings. The van der Waals surface area contributed by atoms with Crippen molar-refractivity contribution in [3.63, 3.8) is 0 Å². The largest absolute Gasteiger partial charge is 0.372 e. The van der Waals surface area contributed by atoms with Gasteiger partial charge < -0.3 is 10.2 Å². The number of anilines is 2. The van der Waals surface area contributed by atoms with Crippen molar-refractivity contribution in [1.82, 2.24) is 9.97 Å². The highest BCUT2D eigenvalue weighted by Crippen LogP contribution is 2.17. The van der Waals surface area contributed by atoms with Crippen molar-refractivity contribution in [3.05, 3.63) is 48.4 Å². The Morgan fingerprint density at radius 3 is 2.72 bits per heavy atom. The van der Waals surface area contributed by atoms with Gasteiger partial charge in [0.15, 0.2) is 0 Å². The Balaban J connectivity index is 2.32. The molecule has 0 spiro atoms. The molecule has 1 amide bonds. The Labute approximate surface area is 105 Å². The molecular weight excluding hydrogens is 228 g/mol. The summed E-state index contributed by atoms with van der Waals surface area (Å²) >= 11 is 0. The van der Waals surface area contributed by atoms with Crippen LogP contribution in [0.2, 0.25) is 0 Å². The van der Waals surface area contributed by atoms with E-state index in [1.54, 1.807) is 55.8 Å². The van der Waals surface area contributed by atoms with Crippen molar-refractivity contribution in [3.8, 4) is 0 Å². The molecule has 0 saturated heterocycles. The van der Waals surface area contributed by atoms with Gasteiger partial charge in [0.1, 0.15) is 5.82 Å². The van der Waals surface area contributed by atoms with Gasteiger partial charge in [-0.15, -0.1) is 0 Å². The van der Waals surface area contributed by atoms with Crippen LogP contribution < -0.4 is 10.2 Å². The molecule has 0 aromatic carbocycles. The highest BCUT2D eigenvalue weighted by molar-refractivity contribution is 6.08. The van der Waals surface area contributed by atoms with E-state index in [2.05, 4.69) is 15.3 Å². The van der Waals surface area contributed by atoms with Crippen LogP contribution in [-0.2, 0) is 0 Å². The molecule has 0 aliphatic carbocycles. The summed E-state index contributed by atoms with van der Waals surface area (Å²) in [4.78, 5) is 22.0. The fraction of sp³-hybridized carbons (Fsp3) is 0.154. The van der Waals surface area contributed by atoms with Gasteiger partial charge in [0.25, 0.3) is 5.91 Å². The zero-order valence-corrected chi connectivity index (χ0v) is 10.3. The van der Waals surface area contributed by atoms with Crippen LogP contribution in [0.1, 0.15) is 10.4 Å². The lowest BCUT2D eigenvalue weighted by molar-refractivity contribution is 0.0993. The third kappa shape index (κ3) is 2.29. The fourth-order valence-electron chi connectivity index (χ4n) is 1.63. The van der Waals surface area contributed by atoms with Crippen LogP contribution >= 0.6 is 0 Å². The molecule has 5 nitrogen and oxygen atoms in total. The van der Waals surface area contributed by atoms with E-state index >= 15 is 0 Å². The molecule has 18 heavy (non-hydrogen) atoms. The molecule has 0 saturated carbocycles. The molecule has 0 atom stereocenters. The first-order valence-electron chi connectivity index (χ1n) is 5.55. The number of hydrogen-bond acceptors (Lipinski definition) is 4. The summed E-state index contributed by atoms with van der Waals surface area (Å²) in [6.07, 6.45) is 4.96. The monoisotopic (exact) mass is 242 g/mol. The first-order valence-corrected chi connectivity index (χ1v) is 5.55. The van der Waals surface area contributed by atoms with Gasteiger partial charge in [0, 0.05) is 26.5 Å². The van der Waals surface area contributed by atoms with Gasteiger partial charge in [-0.2, -0.15) is 0 Å². The fourth-order valence-corrected chi connectivity index (χ4v) is 1.63. The van der Waals surface area contributed by atoms with E-state index in [1.165, 1.54) is 0 Å². The van der Waals surface area contributed by atoms with Crippen LogP contribution in [0, 0.1) is 0 Å². The van der Waals surface area contributed by atoms with Crippen molar-refractivity contribution >= 4 is 17.4 Å². The molecule has 0 unspecified atom stereocenters. The summed E-state index contributed by atoms with van der Waals surface area (Å²) in [6, 6.07) is 7.11. The SMILES string of the molecule is CNc1ncccc1C(=O)N(C)c1cccnc1. The number of nitrogens with zero attached hydrogens (tertiary/aromatic N) is 3. The van der Waals surface area contributed by atoms with E-state index in [4.69, 9.17) is 0 Å². The first-order chi connectivity index (χ1) is 8.74. The maximum Gasteiger partial charge on any atom is 0.261 e. The van der Waals surface area contributed by atoms with E-state index in [-0.39, 0.29) is 5.91 Å². The number of nitrogens with one attached hydrogen (secondary N) is 1. The Morgan fingerprint density at radius 1 is 1.28 bits per heavy atom. The third-order valence-electron chi connectivity index (χ3n) is 2.61. The molecule has 0 aliphatic heterocycles. The first kappa shape index (κ1) is 12.0. The summed E-state index contributed by atoms with van der Waals surface area (Å²) in [5.41, 5.74) is 1.28. The van der Waals surface area contributed by atoms with Crippen LogP contribution in [0.5, 0.6) is 0 Å². The Hall–Kier alpha value is -2.43. The van der Waals surface area contributed by atoms with E-state index in [1.807, 2.05) is 6.07 Å².